The zero-order chi connectivity index (χ0) is 21.1. The molecule has 0 aliphatic heterocycles. The molecule has 0 atom stereocenters. The molecule has 0 unspecified atom stereocenters. The van der Waals surface area contributed by atoms with Gasteiger partial charge in [-0.2, -0.15) is 5.10 Å². The maximum Gasteiger partial charge on any atom is 0.162 e. The molecule has 0 fully saturated rings. The molecule has 0 saturated carbocycles. The monoisotopic (exact) mass is 390 g/mol. The van der Waals surface area contributed by atoms with Gasteiger partial charge in [0.25, 0.3) is 0 Å². The molecule has 3 aromatic heterocycles. The minimum Gasteiger partial charge on any atom is -0.264 e. The number of pyridine rings is 1. The normalized spacial score (nSPS) is 12.6. The van der Waals surface area contributed by atoms with Gasteiger partial charge in [0.15, 0.2) is 5.65 Å². The van der Waals surface area contributed by atoms with Crippen LogP contribution in [0.3, 0.4) is 0 Å². The zero-order valence-electron chi connectivity index (χ0n) is 17.3. The molecule has 0 aliphatic rings. The number of fused-ring (bicyclic) bond motifs is 2. The fourth-order valence-corrected chi connectivity index (χ4v) is 3.62. The summed E-state index contributed by atoms with van der Waals surface area (Å²) in [6, 6.07) is 9.83. The smallest absolute Gasteiger partial charge is 0.162 e. The molecule has 4 aromatic rings. The molecule has 146 valence electrons. The van der Waals surface area contributed by atoms with E-state index >= 15 is 0 Å². The Balaban J connectivity index is 1.80. The van der Waals surface area contributed by atoms with E-state index in [0.717, 1.165) is 51.7 Å². The van der Waals surface area contributed by atoms with E-state index in [1.807, 2.05) is 55.0 Å². The van der Waals surface area contributed by atoms with Crippen LogP contribution >= 0.6 is 0 Å². The highest BCUT2D eigenvalue weighted by atomic mass is 15.2. The van der Waals surface area contributed by atoms with Crippen LogP contribution in [0.1, 0.15) is 32.3 Å². The number of allylic oxidation sites excluding steroid dienone is 5. The van der Waals surface area contributed by atoms with Crippen molar-refractivity contribution in [1.29, 1.82) is 0 Å². The Labute approximate surface area is 178 Å². The first-order chi connectivity index (χ1) is 14.6. The molecule has 1 aromatic carbocycles. The van der Waals surface area contributed by atoms with Gasteiger partial charge in [-0.25, -0.2) is 9.50 Å². The quantitative estimate of drug-likeness (QED) is 0.342. The number of rotatable bonds is 6. The van der Waals surface area contributed by atoms with E-state index < -0.39 is 0 Å². The lowest BCUT2D eigenvalue weighted by atomic mass is 9.95. The van der Waals surface area contributed by atoms with Crippen LogP contribution in [0.15, 0.2) is 79.3 Å². The molecule has 3 heterocycles. The van der Waals surface area contributed by atoms with E-state index in [1.54, 1.807) is 4.52 Å². The Bertz CT molecular complexity index is 1300. The van der Waals surface area contributed by atoms with Gasteiger partial charge in [-0.05, 0) is 42.2 Å². The average Bonchev–Trinajstić information content (AvgIpc) is 3.17. The van der Waals surface area contributed by atoms with Gasteiger partial charge in [-0.1, -0.05) is 61.9 Å². The van der Waals surface area contributed by atoms with Crippen LogP contribution in [0.2, 0.25) is 0 Å². The maximum atomic E-state index is 6.05. The number of hydrogen-bond acceptors (Lipinski definition) is 3. The van der Waals surface area contributed by atoms with Gasteiger partial charge in [-0.15, -0.1) is 0 Å². The third-order valence-electron chi connectivity index (χ3n) is 5.13. The molecule has 0 saturated heterocycles. The average molecular weight is 390 g/mol. The first kappa shape index (κ1) is 19.8. The lowest BCUT2D eigenvalue weighted by Gasteiger charge is -2.07. The summed E-state index contributed by atoms with van der Waals surface area (Å²) in [4.78, 5) is 9.14. The minimum absolute atomic E-state index is 0.478. The van der Waals surface area contributed by atoms with Crippen molar-refractivity contribution in [2.45, 2.75) is 26.7 Å². The first-order valence-corrected chi connectivity index (χ1v) is 10.1. The summed E-state index contributed by atoms with van der Waals surface area (Å²) in [5.41, 5.74) is 7.33. The number of hydrogen-bond donors (Lipinski definition) is 0. The molecule has 0 N–H and O–H groups in total. The molecule has 0 spiro atoms. The van der Waals surface area contributed by atoms with Crippen molar-refractivity contribution in [3.63, 3.8) is 0 Å². The summed E-state index contributed by atoms with van der Waals surface area (Å²) < 4.78 is 1.80. The highest BCUT2D eigenvalue weighted by Gasteiger charge is 2.13. The summed E-state index contributed by atoms with van der Waals surface area (Å²) >= 11 is 0. The van der Waals surface area contributed by atoms with Crippen molar-refractivity contribution < 1.29 is 0 Å². The molecule has 0 amide bonds. The second-order valence-corrected chi connectivity index (χ2v) is 7.37. The van der Waals surface area contributed by atoms with Gasteiger partial charge in [0, 0.05) is 28.9 Å². The Morgan fingerprint density at radius 2 is 2.00 bits per heavy atom. The number of aromatic nitrogens is 4. The molecular weight excluding hydrogens is 367 g/mol. The van der Waals surface area contributed by atoms with Crippen molar-refractivity contribution in [3.8, 4) is 11.1 Å². The van der Waals surface area contributed by atoms with Crippen LogP contribution in [0.5, 0.6) is 0 Å². The van der Waals surface area contributed by atoms with Crippen molar-refractivity contribution in [1.82, 2.24) is 19.6 Å². The lowest BCUT2D eigenvalue weighted by molar-refractivity contribution is 0.906. The Morgan fingerprint density at radius 1 is 1.17 bits per heavy atom. The highest BCUT2D eigenvalue weighted by molar-refractivity contribution is 6.32. The molecule has 2 radical (unpaired) electrons. The fraction of sp³-hybridized carbons (Fsp3) is 0.160. The van der Waals surface area contributed by atoms with Gasteiger partial charge in [-0.3, -0.25) is 4.98 Å². The fourth-order valence-electron chi connectivity index (χ4n) is 3.62. The van der Waals surface area contributed by atoms with Gasteiger partial charge in [0.1, 0.15) is 7.85 Å². The van der Waals surface area contributed by atoms with Crippen molar-refractivity contribution >= 4 is 35.6 Å². The van der Waals surface area contributed by atoms with E-state index in [1.165, 1.54) is 5.57 Å². The van der Waals surface area contributed by atoms with Gasteiger partial charge < -0.3 is 0 Å². The summed E-state index contributed by atoms with van der Waals surface area (Å²) in [7, 11) is 6.05. The van der Waals surface area contributed by atoms with Crippen LogP contribution in [0.25, 0.3) is 33.3 Å². The predicted molar refractivity (Wildman–Crippen MR) is 126 cm³/mol. The summed E-state index contributed by atoms with van der Waals surface area (Å²) in [5, 5.41) is 5.57. The molecule has 4 rings (SSSR count). The van der Waals surface area contributed by atoms with Crippen LogP contribution in [-0.2, 0) is 0 Å². The Hall–Kier alpha value is -3.47. The van der Waals surface area contributed by atoms with E-state index in [4.69, 9.17) is 12.8 Å². The number of nitrogens with zero attached hydrogens (tertiary/aromatic N) is 4. The lowest BCUT2D eigenvalue weighted by Crippen LogP contribution is -2.08. The maximum absolute atomic E-state index is 6.05. The molecular formula is C25H23BN4. The van der Waals surface area contributed by atoms with Crippen molar-refractivity contribution in [2.75, 3.05) is 0 Å². The second-order valence-electron chi connectivity index (χ2n) is 7.37. The molecule has 4 nitrogen and oxygen atoms in total. The number of para-hydroxylation sites is 1. The van der Waals surface area contributed by atoms with Crippen LogP contribution in [-0.4, -0.2) is 27.4 Å². The van der Waals surface area contributed by atoms with E-state index in [2.05, 4.69) is 42.7 Å². The second kappa shape index (κ2) is 8.50. The SMILES string of the molecule is [B]c1cc(-c2cnn3cc(/C(C=C)=C/C=C(/C)CCC)cnc23)c2ccccc2n1. The minimum atomic E-state index is 0.478. The number of benzene rings is 1. The highest BCUT2D eigenvalue weighted by Crippen LogP contribution is 2.29. The van der Waals surface area contributed by atoms with Crippen molar-refractivity contribution in [2.24, 2.45) is 0 Å². The van der Waals surface area contributed by atoms with Crippen LogP contribution < -0.4 is 5.59 Å². The Morgan fingerprint density at radius 3 is 2.80 bits per heavy atom. The standard InChI is InChI=1S/C25H23BN4/c1-4-8-17(3)11-12-18(5-2)19-14-27-25-22(15-28-30(25)16-19)21-13-24(26)29-23-10-7-6-9-20(21)23/h5-7,9-16H,2,4,8H2,1,3H3/b17-11-,18-12+. The largest absolute Gasteiger partial charge is 0.264 e. The molecule has 0 bridgehead atoms. The molecule has 30 heavy (non-hydrogen) atoms. The predicted octanol–water partition coefficient (Wildman–Crippen LogP) is 5.05. The summed E-state index contributed by atoms with van der Waals surface area (Å²) in [6.07, 6.45) is 14.0. The van der Waals surface area contributed by atoms with Crippen LogP contribution in [0.4, 0.5) is 0 Å². The van der Waals surface area contributed by atoms with E-state index in [0.29, 0.717) is 5.59 Å². The third kappa shape index (κ3) is 3.83. The van der Waals surface area contributed by atoms with E-state index in [-0.39, 0.29) is 0 Å². The molecule has 0 aliphatic carbocycles. The van der Waals surface area contributed by atoms with Crippen molar-refractivity contribution in [3.05, 3.63) is 84.9 Å². The summed E-state index contributed by atoms with van der Waals surface area (Å²) in [6.45, 7) is 8.29. The Kier molecular flexibility index (Phi) is 5.62. The first-order valence-electron chi connectivity index (χ1n) is 10.1. The summed E-state index contributed by atoms with van der Waals surface area (Å²) in [5.74, 6) is 0. The molecule has 5 heteroatoms. The van der Waals surface area contributed by atoms with Gasteiger partial charge in [0.2, 0.25) is 0 Å². The topological polar surface area (TPSA) is 43.1 Å². The van der Waals surface area contributed by atoms with Crippen LogP contribution in [0, 0.1) is 0 Å². The third-order valence-corrected chi connectivity index (χ3v) is 5.13. The van der Waals surface area contributed by atoms with Gasteiger partial charge in [0.05, 0.1) is 11.7 Å². The zero-order valence-corrected chi connectivity index (χ0v) is 17.3. The van der Waals surface area contributed by atoms with Gasteiger partial charge >= 0.3 is 0 Å². The van der Waals surface area contributed by atoms with E-state index in [9.17, 15) is 0 Å².